The molecule has 1 atom stereocenters. The lowest BCUT2D eigenvalue weighted by atomic mass is 10.0. The van der Waals surface area contributed by atoms with Gasteiger partial charge in [-0.25, -0.2) is 8.42 Å². The van der Waals surface area contributed by atoms with Crippen LogP contribution in [-0.4, -0.2) is 87.3 Å². The predicted molar refractivity (Wildman–Crippen MR) is 109 cm³/mol. The second-order valence-electron chi connectivity index (χ2n) is 7.49. The van der Waals surface area contributed by atoms with Crippen LogP contribution in [0.2, 0.25) is 5.02 Å². The fourth-order valence-electron chi connectivity index (χ4n) is 3.99. The van der Waals surface area contributed by atoms with Crippen molar-refractivity contribution in [1.29, 1.82) is 0 Å². The number of benzene rings is 1. The average molecular weight is 416 g/mol. The van der Waals surface area contributed by atoms with Crippen LogP contribution in [0, 0.1) is 0 Å². The molecule has 0 bridgehead atoms. The summed E-state index contributed by atoms with van der Waals surface area (Å²) in [7, 11) is -3.24. The highest BCUT2D eigenvalue weighted by atomic mass is 35.5. The number of halogens is 1. The van der Waals surface area contributed by atoms with Crippen LogP contribution < -0.4 is 0 Å². The van der Waals surface area contributed by atoms with Gasteiger partial charge in [0.1, 0.15) is 0 Å². The molecule has 0 aromatic heterocycles. The molecule has 0 saturated carbocycles. The van der Waals surface area contributed by atoms with Crippen molar-refractivity contribution in [3.8, 4) is 0 Å². The second-order valence-corrected chi connectivity index (χ2v) is 9.86. The van der Waals surface area contributed by atoms with Crippen molar-refractivity contribution >= 4 is 21.6 Å². The Kier molecular flexibility index (Phi) is 7.53. The summed E-state index contributed by atoms with van der Waals surface area (Å²) in [4.78, 5) is 4.63. The molecular weight excluding hydrogens is 386 g/mol. The molecule has 0 N–H and O–H groups in total. The Morgan fingerprint density at radius 2 is 2.00 bits per heavy atom. The topological polar surface area (TPSA) is 53.1 Å². The molecule has 2 fully saturated rings. The Hall–Kier alpha value is -0.700. The largest absolute Gasteiger partial charge is 0.379 e. The highest BCUT2D eigenvalue weighted by Gasteiger charge is 2.31. The van der Waals surface area contributed by atoms with Gasteiger partial charge < -0.3 is 4.74 Å². The molecule has 8 heteroatoms. The van der Waals surface area contributed by atoms with Gasteiger partial charge in [-0.3, -0.25) is 9.80 Å². The number of sulfonamides is 1. The van der Waals surface area contributed by atoms with Crippen LogP contribution in [0.1, 0.15) is 18.4 Å². The molecule has 6 nitrogen and oxygen atoms in total. The smallest absolute Gasteiger partial charge is 0.211 e. The van der Waals surface area contributed by atoms with Gasteiger partial charge in [-0.05, 0) is 37.1 Å². The molecule has 0 radical (unpaired) electrons. The van der Waals surface area contributed by atoms with Gasteiger partial charge in [0.25, 0.3) is 0 Å². The first-order valence-corrected chi connectivity index (χ1v) is 11.9. The molecule has 1 aromatic carbocycles. The Morgan fingerprint density at radius 1 is 1.22 bits per heavy atom. The third kappa shape index (κ3) is 6.41. The first-order valence-electron chi connectivity index (χ1n) is 9.65. The zero-order valence-corrected chi connectivity index (χ0v) is 17.6. The van der Waals surface area contributed by atoms with E-state index in [-0.39, 0.29) is 6.04 Å². The van der Waals surface area contributed by atoms with Crippen molar-refractivity contribution < 1.29 is 13.2 Å². The van der Waals surface area contributed by atoms with Crippen LogP contribution in [0.5, 0.6) is 0 Å². The summed E-state index contributed by atoms with van der Waals surface area (Å²) < 4.78 is 32.0. The molecule has 0 spiro atoms. The van der Waals surface area contributed by atoms with Gasteiger partial charge in [-0.15, -0.1) is 0 Å². The van der Waals surface area contributed by atoms with Crippen molar-refractivity contribution in [3.05, 3.63) is 34.9 Å². The number of morpholine rings is 1. The van der Waals surface area contributed by atoms with Gasteiger partial charge in [0.05, 0.1) is 19.5 Å². The van der Waals surface area contributed by atoms with Crippen LogP contribution >= 0.6 is 11.6 Å². The Morgan fingerprint density at radius 3 is 2.70 bits per heavy atom. The molecule has 0 aliphatic carbocycles. The fourth-order valence-corrected chi connectivity index (χ4v) is 5.33. The first kappa shape index (κ1) is 21.0. The van der Waals surface area contributed by atoms with Crippen LogP contribution in [-0.2, 0) is 21.3 Å². The molecule has 2 heterocycles. The van der Waals surface area contributed by atoms with E-state index >= 15 is 0 Å². The minimum Gasteiger partial charge on any atom is -0.379 e. The highest BCUT2D eigenvalue weighted by Crippen LogP contribution is 2.21. The van der Waals surface area contributed by atoms with E-state index in [1.807, 2.05) is 18.2 Å². The summed E-state index contributed by atoms with van der Waals surface area (Å²) in [6.45, 7) is 7.10. The molecule has 152 valence electrons. The van der Waals surface area contributed by atoms with Crippen LogP contribution in [0.25, 0.3) is 0 Å². The van der Waals surface area contributed by atoms with E-state index in [0.29, 0.717) is 6.54 Å². The molecule has 2 aliphatic rings. The van der Waals surface area contributed by atoms with E-state index in [1.54, 1.807) is 4.31 Å². The van der Waals surface area contributed by atoms with Gasteiger partial charge >= 0.3 is 0 Å². The van der Waals surface area contributed by atoms with Gasteiger partial charge in [-0.1, -0.05) is 23.7 Å². The molecular formula is C19H30ClN3O3S. The van der Waals surface area contributed by atoms with E-state index in [0.717, 1.165) is 70.3 Å². The minimum atomic E-state index is -3.24. The first-order chi connectivity index (χ1) is 12.9. The second kappa shape index (κ2) is 9.67. The maximum absolute atomic E-state index is 12.5. The van der Waals surface area contributed by atoms with Crippen molar-refractivity contribution in [2.45, 2.75) is 25.4 Å². The third-order valence-electron chi connectivity index (χ3n) is 5.35. The fraction of sp³-hybridized carbons (Fsp3) is 0.684. The maximum Gasteiger partial charge on any atom is 0.211 e. The molecule has 3 rings (SSSR count). The van der Waals surface area contributed by atoms with Crippen LogP contribution in [0.3, 0.4) is 0 Å². The van der Waals surface area contributed by atoms with E-state index in [2.05, 4.69) is 15.9 Å². The molecule has 1 unspecified atom stereocenters. The Balaban J connectivity index is 1.61. The number of piperidine rings is 1. The molecule has 2 saturated heterocycles. The number of hydrogen-bond donors (Lipinski definition) is 0. The summed E-state index contributed by atoms with van der Waals surface area (Å²) in [5.74, 6) is 0. The van der Waals surface area contributed by atoms with Gasteiger partial charge in [0.2, 0.25) is 10.0 Å². The lowest BCUT2D eigenvalue weighted by Crippen LogP contribution is -2.52. The van der Waals surface area contributed by atoms with E-state index in [9.17, 15) is 8.42 Å². The maximum atomic E-state index is 12.5. The highest BCUT2D eigenvalue weighted by molar-refractivity contribution is 7.88. The minimum absolute atomic E-state index is 0.0361. The van der Waals surface area contributed by atoms with E-state index in [4.69, 9.17) is 16.3 Å². The van der Waals surface area contributed by atoms with E-state index in [1.165, 1.54) is 11.8 Å². The van der Waals surface area contributed by atoms with Crippen molar-refractivity contribution in [2.75, 3.05) is 58.7 Å². The summed E-state index contributed by atoms with van der Waals surface area (Å²) in [6, 6.07) is 7.93. The lowest BCUT2D eigenvalue weighted by Gasteiger charge is -2.39. The van der Waals surface area contributed by atoms with Crippen LogP contribution in [0.4, 0.5) is 0 Å². The zero-order valence-electron chi connectivity index (χ0n) is 16.0. The average Bonchev–Trinajstić information content (AvgIpc) is 2.62. The number of hydrogen-bond acceptors (Lipinski definition) is 5. The van der Waals surface area contributed by atoms with Crippen molar-refractivity contribution in [2.24, 2.45) is 0 Å². The lowest BCUT2D eigenvalue weighted by molar-refractivity contribution is 0.0337. The summed E-state index contributed by atoms with van der Waals surface area (Å²) in [6.07, 6.45) is 3.26. The monoisotopic (exact) mass is 415 g/mol. The number of ether oxygens (including phenoxy) is 1. The number of rotatable bonds is 7. The standard InChI is InChI=1S/C19H30ClN3O3S/c1-27(24,25)23(9-8-21-10-12-26-13-11-21)19-6-3-7-22(16-19)15-17-4-2-5-18(20)14-17/h2,4-5,14,19H,3,6-13,15-16H2,1H3. The van der Waals surface area contributed by atoms with Gasteiger partial charge in [-0.2, -0.15) is 4.31 Å². The Labute approximate surface area is 168 Å². The van der Waals surface area contributed by atoms with Gasteiger partial charge in [0.15, 0.2) is 0 Å². The molecule has 0 amide bonds. The summed E-state index contributed by atoms with van der Waals surface area (Å²) in [5, 5.41) is 0.740. The van der Waals surface area contributed by atoms with Crippen LogP contribution in [0.15, 0.2) is 24.3 Å². The summed E-state index contributed by atoms with van der Waals surface area (Å²) in [5.41, 5.74) is 1.17. The predicted octanol–water partition coefficient (Wildman–Crippen LogP) is 1.90. The molecule has 27 heavy (non-hydrogen) atoms. The summed E-state index contributed by atoms with van der Waals surface area (Å²) >= 11 is 6.10. The van der Waals surface area contributed by atoms with E-state index < -0.39 is 10.0 Å². The molecule has 2 aliphatic heterocycles. The SMILES string of the molecule is CS(=O)(=O)N(CCN1CCOCC1)C1CCCN(Cc2cccc(Cl)c2)C1. The third-order valence-corrected chi connectivity index (χ3v) is 6.92. The zero-order chi connectivity index (χ0) is 19.3. The Bertz CT molecular complexity index is 710. The van der Waals surface area contributed by atoms with Gasteiger partial charge in [0, 0.05) is 50.3 Å². The molecule has 1 aromatic rings. The number of nitrogens with zero attached hydrogens (tertiary/aromatic N) is 3. The quantitative estimate of drug-likeness (QED) is 0.680. The number of likely N-dealkylation sites (tertiary alicyclic amines) is 1. The van der Waals surface area contributed by atoms with Crippen molar-refractivity contribution in [3.63, 3.8) is 0 Å². The normalized spacial score (nSPS) is 23.0. The van der Waals surface area contributed by atoms with Crippen molar-refractivity contribution in [1.82, 2.24) is 14.1 Å².